The normalized spacial score (nSPS) is 11.5. The Kier molecular flexibility index (Phi) is 3.64. The molecule has 0 aliphatic heterocycles. The third kappa shape index (κ3) is 2.54. The second kappa shape index (κ2) is 5.53. The number of rotatable bonds is 4. The zero-order chi connectivity index (χ0) is 17.5. The lowest BCUT2D eigenvalue weighted by atomic mass is 10.2. The van der Waals surface area contributed by atoms with Crippen molar-refractivity contribution in [1.29, 1.82) is 0 Å². The molecule has 2 aromatic carbocycles. The summed E-state index contributed by atoms with van der Waals surface area (Å²) >= 11 is 0. The van der Waals surface area contributed by atoms with E-state index in [0.717, 1.165) is 4.31 Å². The highest BCUT2D eigenvalue weighted by Crippen LogP contribution is 2.26. The highest BCUT2D eigenvalue weighted by Gasteiger charge is 2.24. The summed E-state index contributed by atoms with van der Waals surface area (Å²) in [6.07, 6.45) is 0. The van der Waals surface area contributed by atoms with Crippen LogP contribution in [0.25, 0.3) is 11.0 Å². The second-order valence-corrected chi connectivity index (χ2v) is 7.11. The molecule has 1 amide bonds. The van der Waals surface area contributed by atoms with E-state index < -0.39 is 21.6 Å². The van der Waals surface area contributed by atoms with Gasteiger partial charge in [0.05, 0.1) is 27.2 Å². The first-order chi connectivity index (χ1) is 11.3. The number of fused-ring (bicyclic) bond motifs is 1. The number of aromatic amines is 2. The number of primary amides is 1. The number of nitrogens with zero attached hydrogens (tertiary/aromatic N) is 1. The molecule has 3 rings (SSSR count). The zero-order valence-electron chi connectivity index (χ0n) is 12.6. The van der Waals surface area contributed by atoms with Gasteiger partial charge >= 0.3 is 5.69 Å². The van der Waals surface area contributed by atoms with Gasteiger partial charge in [-0.1, -0.05) is 12.1 Å². The van der Waals surface area contributed by atoms with Crippen LogP contribution in [0, 0.1) is 0 Å². The van der Waals surface area contributed by atoms with Crippen LogP contribution in [0.2, 0.25) is 0 Å². The molecule has 0 radical (unpaired) electrons. The Morgan fingerprint density at radius 3 is 2.46 bits per heavy atom. The Labute approximate surface area is 137 Å². The lowest BCUT2D eigenvalue weighted by molar-refractivity contribution is 0.100. The topological polar surface area (TPSA) is 129 Å². The molecule has 0 spiro atoms. The van der Waals surface area contributed by atoms with Gasteiger partial charge in [0.15, 0.2) is 0 Å². The van der Waals surface area contributed by atoms with Gasteiger partial charge in [-0.05, 0) is 30.3 Å². The van der Waals surface area contributed by atoms with Crippen molar-refractivity contribution in [2.75, 3.05) is 11.4 Å². The highest BCUT2D eigenvalue weighted by molar-refractivity contribution is 7.92. The van der Waals surface area contributed by atoms with Crippen molar-refractivity contribution >= 4 is 32.7 Å². The molecular weight excluding hydrogens is 332 g/mol. The zero-order valence-corrected chi connectivity index (χ0v) is 13.4. The Balaban J connectivity index is 2.12. The fourth-order valence-electron chi connectivity index (χ4n) is 2.42. The standard InChI is InChI=1S/C15H14N4O4S/c1-19(13-5-3-2-4-10(13)14(16)20)24(22,23)9-6-7-11-12(8-9)18-15(21)17-11/h2-8H,1H3,(H2,16,20)(H2,17,18,21). The fraction of sp³-hybridized carbons (Fsp3) is 0.0667. The van der Waals surface area contributed by atoms with Crippen LogP contribution in [0.1, 0.15) is 10.4 Å². The van der Waals surface area contributed by atoms with Gasteiger partial charge in [-0.25, -0.2) is 13.2 Å². The number of hydrogen-bond acceptors (Lipinski definition) is 4. The fourth-order valence-corrected chi connectivity index (χ4v) is 3.66. The van der Waals surface area contributed by atoms with Gasteiger partial charge in [-0.2, -0.15) is 0 Å². The van der Waals surface area contributed by atoms with Crippen molar-refractivity contribution in [2.45, 2.75) is 4.90 Å². The predicted octanol–water partition coefficient (Wildman–Crippen LogP) is 0.780. The highest BCUT2D eigenvalue weighted by atomic mass is 32.2. The number of amides is 1. The summed E-state index contributed by atoms with van der Waals surface area (Å²) < 4.78 is 26.6. The molecule has 0 aliphatic carbocycles. The third-order valence-corrected chi connectivity index (χ3v) is 5.42. The minimum Gasteiger partial charge on any atom is -0.366 e. The van der Waals surface area contributed by atoms with Gasteiger partial charge in [0, 0.05) is 7.05 Å². The Hall–Kier alpha value is -3.07. The minimum atomic E-state index is -3.94. The molecule has 124 valence electrons. The van der Waals surface area contributed by atoms with E-state index >= 15 is 0 Å². The molecule has 0 bridgehead atoms. The van der Waals surface area contributed by atoms with Gasteiger partial charge in [-0.15, -0.1) is 0 Å². The maximum Gasteiger partial charge on any atom is 0.323 e. The molecule has 0 aliphatic rings. The Morgan fingerprint density at radius 1 is 1.08 bits per heavy atom. The molecule has 0 saturated carbocycles. The van der Waals surface area contributed by atoms with E-state index in [9.17, 15) is 18.0 Å². The van der Waals surface area contributed by atoms with Gasteiger partial charge < -0.3 is 15.7 Å². The van der Waals surface area contributed by atoms with Crippen LogP contribution in [0.3, 0.4) is 0 Å². The number of imidazole rings is 1. The number of carbonyl (C=O) groups excluding carboxylic acids is 1. The summed E-state index contributed by atoms with van der Waals surface area (Å²) in [6.45, 7) is 0. The molecule has 0 atom stereocenters. The number of anilines is 1. The summed E-state index contributed by atoms with van der Waals surface area (Å²) in [4.78, 5) is 27.9. The Morgan fingerprint density at radius 2 is 1.75 bits per heavy atom. The van der Waals surface area contributed by atoms with Crippen LogP contribution in [0.15, 0.2) is 52.2 Å². The van der Waals surface area contributed by atoms with E-state index in [1.165, 1.54) is 37.4 Å². The number of aromatic nitrogens is 2. The predicted molar refractivity (Wildman–Crippen MR) is 89.5 cm³/mol. The minimum absolute atomic E-state index is 0.0213. The molecule has 24 heavy (non-hydrogen) atoms. The lowest BCUT2D eigenvalue weighted by Gasteiger charge is -2.21. The molecule has 1 heterocycles. The summed E-state index contributed by atoms with van der Waals surface area (Å²) in [5, 5.41) is 0. The van der Waals surface area contributed by atoms with Crippen molar-refractivity contribution in [3.8, 4) is 0 Å². The molecule has 3 aromatic rings. The number of nitrogens with one attached hydrogen (secondary N) is 2. The number of benzene rings is 2. The van der Waals surface area contributed by atoms with Crippen molar-refractivity contribution in [2.24, 2.45) is 5.73 Å². The second-order valence-electron chi connectivity index (χ2n) is 5.14. The number of carbonyl (C=O) groups is 1. The maximum absolute atomic E-state index is 12.8. The van der Waals surface area contributed by atoms with E-state index in [-0.39, 0.29) is 16.1 Å². The van der Waals surface area contributed by atoms with Crippen LogP contribution >= 0.6 is 0 Å². The molecule has 9 heteroatoms. The van der Waals surface area contributed by atoms with E-state index in [1.54, 1.807) is 12.1 Å². The molecule has 1 aromatic heterocycles. The van der Waals surface area contributed by atoms with Crippen molar-refractivity contribution in [3.63, 3.8) is 0 Å². The van der Waals surface area contributed by atoms with Crippen LogP contribution in [-0.4, -0.2) is 31.3 Å². The van der Waals surface area contributed by atoms with E-state index in [2.05, 4.69) is 9.97 Å². The molecule has 0 fully saturated rings. The van der Waals surface area contributed by atoms with Crippen LogP contribution in [-0.2, 0) is 10.0 Å². The van der Waals surface area contributed by atoms with Crippen LogP contribution in [0.4, 0.5) is 5.69 Å². The number of para-hydroxylation sites is 1. The quantitative estimate of drug-likeness (QED) is 0.644. The summed E-state index contributed by atoms with van der Waals surface area (Å²) in [5.41, 5.74) is 6.03. The van der Waals surface area contributed by atoms with Gasteiger partial charge in [0.1, 0.15) is 0 Å². The van der Waals surface area contributed by atoms with Crippen molar-refractivity contribution < 1.29 is 13.2 Å². The smallest absolute Gasteiger partial charge is 0.323 e. The number of H-pyrrole nitrogens is 2. The first kappa shape index (κ1) is 15.8. The maximum atomic E-state index is 12.8. The average Bonchev–Trinajstić information content (AvgIpc) is 2.93. The van der Waals surface area contributed by atoms with Gasteiger partial charge in [-0.3, -0.25) is 9.10 Å². The van der Waals surface area contributed by atoms with Gasteiger partial charge in [0.2, 0.25) is 0 Å². The first-order valence-corrected chi connectivity index (χ1v) is 8.34. The number of hydrogen-bond donors (Lipinski definition) is 3. The SMILES string of the molecule is CN(c1ccccc1C(N)=O)S(=O)(=O)c1ccc2[nH]c(=O)[nH]c2c1. The molecule has 8 nitrogen and oxygen atoms in total. The summed E-state index contributed by atoms with van der Waals surface area (Å²) in [5.74, 6) is -0.724. The molecular formula is C15H14N4O4S. The lowest BCUT2D eigenvalue weighted by Crippen LogP contribution is -2.29. The van der Waals surface area contributed by atoms with Gasteiger partial charge in [0.25, 0.3) is 15.9 Å². The summed E-state index contributed by atoms with van der Waals surface area (Å²) in [7, 11) is -2.61. The van der Waals surface area contributed by atoms with E-state index in [1.807, 2.05) is 0 Å². The third-order valence-electron chi connectivity index (χ3n) is 3.65. The number of nitrogens with two attached hydrogens (primary N) is 1. The average molecular weight is 346 g/mol. The molecule has 4 N–H and O–H groups in total. The summed E-state index contributed by atoms with van der Waals surface area (Å²) in [6, 6.07) is 10.4. The van der Waals surface area contributed by atoms with E-state index in [4.69, 9.17) is 5.73 Å². The van der Waals surface area contributed by atoms with Crippen molar-refractivity contribution in [3.05, 3.63) is 58.5 Å². The largest absolute Gasteiger partial charge is 0.366 e. The van der Waals surface area contributed by atoms with E-state index in [0.29, 0.717) is 11.0 Å². The van der Waals surface area contributed by atoms with Crippen LogP contribution < -0.4 is 15.7 Å². The monoisotopic (exact) mass is 346 g/mol. The van der Waals surface area contributed by atoms with Crippen LogP contribution in [0.5, 0.6) is 0 Å². The molecule has 0 saturated heterocycles. The van der Waals surface area contributed by atoms with Crippen molar-refractivity contribution in [1.82, 2.24) is 9.97 Å². The Bertz CT molecular complexity index is 1100. The first-order valence-electron chi connectivity index (χ1n) is 6.90. The number of sulfonamides is 1. The molecule has 0 unspecified atom stereocenters.